The summed E-state index contributed by atoms with van der Waals surface area (Å²) in [5, 5.41) is 19.0. The van der Waals surface area contributed by atoms with Gasteiger partial charge in [-0.05, 0) is 31.4 Å². The van der Waals surface area contributed by atoms with Gasteiger partial charge in [-0.25, -0.2) is 4.68 Å². The van der Waals surface area contributed by atoms with E-state index in [-0.39, 0.29) is 19.4 Å². The van der Waals surface area contributed by atoms with Gasteiger partial charge in [0.2, 0.25) is 0 Å². The van der Waals surface area contributed by atoms with Crippen molar-refractivity contribution in [3.63, 3.8) is 0 Å². The molecule has 1 N–H and O–H groups in total. The fourth-order valence-corrected chi connectivity index (χ4v) is 3.58. The van der Waals surface area contributed by atoms with Crippen molar-refractivity contribution in [1.29, 1.82) is 0 Å². The average Bonchev–Trinajstić information content (AvgIpc) is 3.29. The van der Waals surface area contributed by atoms with E-state index >= 15 is 0 Å². The van der Waals surface area contributed by atoms with E-state index in [9.17, 15) is 0 Å². The monoisotopic (exact) mass is 383 g/mol. The highest BCUT2D eigenvalue weighted by Gasteiger charge is 2.21. The number of aliphatic hydroxyl groups excluding tert-OH is 1. The first-order chi connectivity index (χ1) is 13.7. The van der Waals surface area contributed by atoms with Crippen LogP contribution in [0.1, 0.15) is 36.9 Å². The highest BCUT2D eigenvalue weighted by Crippen LogP contribution is 2.31. The molecule has 4 heterocycles. The zero-order valence-corrected chi connectivity index (χ0v) is 16.0. The van der Waals surface area contributed by atoms with Gasteiger partial charge >= 0.3 is 0 Å². The number of aliphatic hydroxyl groups is 1. The Balaban J connectivity index is 1.73. The van der Waals surface area contributed by atoms with E-state index in [2.05, 4.69) is 16.7 Å². The molecule has 148 valence electrons. The van der Waals surface area contributed by atoms with Gasteiger partial charge in [0.1, 0.15) is 0 Å². The molecule has 1 saturated heterocycles. The van der Waals surface area contributed by atoms with Crippen molar-refractivity contribution in [2.24, 2.45) is 7.05 Å². The minimum Gasteiger partial charge on any atom is -0.394 e. The van der Waals surface area contributed by atoms with Gasteiger partial charge in [-0.3, -0.25) is 9.67 Å². The van der Waals surface area contributed by atoms with Crippen molar-refractivity contribution in [3.05, 3.63) is 36.4 Å². The van der Waals surface area contributed by atoms with E-state index in [0.29, 0.717) is 6.61 Å². The summed E-state index contributed by atoms with van der Waals surface area (Å²) in [7, 11) is 1.87. The third-order valence-electron chi connectivity index (χ3n) is 5.05. The molecule has 1 atom stereocenters. The number of aromatic nitrogens is 5. The van der Waals surface area contributed by atoms with E-state index in [1.807, 2.05) is 24.0 Å². The van der Waals surface area contributed by atoms with Crippen LogP contribution in [0, 0.1) is 0 Å². The average molecular weight is 383 g/mol. The Hall–Kier alpha value is -2.55. The minimum atomic E-state index is -0.0570. The highest BCUT2D eigenvalue weighted by molar-refractivity contribution is 5.89. The zero-order valence-electron chi connectivity index (χ0n) is 16.0. The normalized spacial score (nSPS) is 17.3. The number of rotatable bonds is 7. The Bertz CT molecular complexity index is 972. The van der Waals surface area contributed by atoms with Gasteiger partial charge in [0.25, 0.3) is 0 Å². The highest BCUT2D eigenvalue weighted by atomic mass is 16.5. The molecule has 1 unspecified atom stereocenters. The Morgan fingerprint density at radius 2 is 2.29 bits per heavy atom. The van der Waals surface area contributed by atoms with Gasteiger partial charge < -0.3 is 14.6 Å². The molecule has 0 bridgehead atoms. The van der Waals surface area contributed by atoms with Crippen LogP contribution in [-0.2, 0) is 23.1 Å². The maximum atomic E-state index is 8.95. The van der Waals surface area contributed by atoms with Crippen molar-refractivity contribution in [2.75, 3.05) is 19.8 Å². The number of aryl methyl sites for hydroxylation is 1. The minimum absolute atomic E-state index is 0.0114. The Morgan fingerprint density at radius 1 is 1.39 bits per heavy atom. The molecule has 0 aliphatic carbocycles. The maximum absolute atomic E-state index is 8.95. The summed E-state index contributed by atoms with van der Waals surface area (Å²) in [5.41, 5.74) is 4.36. The van der Waals surface area contributed by atoms with Crippen molar-refractivity contribution in [1.82, 2.24) is 24.5 Å². The molecule has 1 fully saturated rings. The van der Waals surface area contributed by atoms with Crippen LogP contribution in [0.5, 0.6) is 0 Å². The van der Waals surface area contributed by atoms with Crippen LogP contribution in [0.3, 0.4) is 0 Å². The Kier molecular flexibility index (Phi) is 5.52. The van der Waals surface area contributed by atoms with Crippen molar-refractivity contribution in [2.45, 2.75) is 32.1 Å². The second-order valence-corrected chi connectivity index (χ2v) is 6.85. The Morgan fingerprint density at radius 3 is 3.04 bits per heavy atom. The second kappa shape index (κ2) is 8.22. The van der Waals surface area contributed by atoms with Crippen LogP contribution < -0.4 is 0 Å². The summed E-state index contributed by atoms with van der Waals surface area (Å²) in [5.74, 6) is 0. The summed E-state index contributed by atoms with van der Waals surface area (Å²) >= 11 is 0. The largest absolute Gasteiger partial charge is 0.394 e. The van der Waals surface area contributed by atoms with Gasteiger partial charge in [-0.1, -0.05) is 6.58 Å². The van der Waals surface area contributed by atoms with Gasteiger partial charge in [0.05, 0.1) is 54.8 Å². The van der Waals surface area contributed by atoms with Gasteiger partial charge in [0.15, 0.2) is 6.23 Å². The molecule has 3 aromatic rings. The fourth-order valence-electron chi connectivity index (χ4n) is 3.58. The SMILES string of the molecule is C=Cc1nn(C2CCCCO2)c2cnc(-c3cnn(C)c3COCCO)cc12. The molecular weight excluding hydrogens is 358 g/mol. The molecule has 0 saturated carbocycles. The molecule has 0 spiro atoms. The van der Waals surface area contributed by atoms with Gasteiger partial charge in [0, 0.05) is 24.6 Å². The summed E-state index contributed by atoms with van der Waals surface area (Å²) in [4.78, 5) is 4.67. The maximum Gasteiger partial charge on any atom is 0.150 e. The third-order valence-corrected chi connectivity index (χ3v) is 5.05. The summed E-state index contributed by atoms with van der Waals surface area (Å²) in [6, 6.07) is 2.02. The first kappa shape index (κ1) is 18.8. The predicted octanol–water partition coefficient (Wildman–Crippen LogP) is 2.68. The van der Waals surface area contributed by atoms with Crippen LogP contribution >= 0.6 is 0 Å². The van der Waals surface area contributed by atoms with E-state index < -0.39 is 0 Å². The molecule has 0 amide bonds. The quantitative estimate of drug-likeness (QED) is 0.631. The summed E-state index contributed by atoms with van der Waals surface area (Å²) in [6.45, 7) is 5.30. The van der Waals surface area contributed by atoms with Crippen LogP contribution in [-0.4, -0.2) is 49.5 Å². The molecule has 28 heavy (non-hydrogen) atoms. The molecule has 3 aromatic heterocycles. The van der Waals surface area contributed by atoms with Crippen LogP contribution in [0.15, 0.2) is 25.0 Å². The lowest BCUT2D eigenvalue weighted by Gasteiger charge is -2.23. The topological polar surface area (TPSA) is 87.2 Å². The number of nitrogens with zero attached hydrogens (tertiary/aromatic N) is 5. The number of ether oxygens (including phenoxy) is 2. The van der Waals surface area contributed by atoms with Gasteiger partial charge in [-0.2, -0.15) is 10.2 Å². The zero-order chi connectivity index (χ0) is 19.5. The molecule has 0 radical (unpaired) electrons. The fraction of sp³-hybridized carbons (Fsp3) is 0.450. The molecule has 8 nitrogen and oxygen atoms in total. The van der Waals surface area contributed by atoms with E-state index in [4.69, 9.17) is 19.7 Å². The van der Waals surface area contributed by atoms with Crippen LogP contribution in [0.2, 0.25) is 0 Å². The van der Waals surface area contributed by atoms with Crippen molar-refractivity contribution in [3.8, 4) is 11.3 Å². The predicted molar refractivity (Wildman–Crippen MR) is 105 cm³/mol. The molecule has 8 heteroatoms. The second-order valence-electron chi connectivity index (χ2n) is 6.85. The first-order valence-electron chi connectivity index (χ1n) is 9.55. The summed E-state index contributed by atoms with van der Waals surface area (Å²) < 4.78 is 15.1. The van der Waals surface area contributed by atoms with Crippen LogP contribution in [0.4, 0.5) is 0 Å². The number of hydrogen-bond donors (Lipinski definition) is 1. The molecule has 1 aliphatic heterocycles. The van der Waals surface area contributed by atoms with Gasteiger partial charge in [-0.15, -0.1) is 0 Å². The van der Waals surface area contributed by atoms with Crippen molar-refractivity contribution < 1.29 is 14.6 Å². The molecular formula is C20H25N5O3. The third kappa shape index (κ3) is 3.46. The lowest BCUT2D eigenvalue weighted by atomic mass is 10.1. The first-order valence-corrected chi connectivity index (χ1v) is 9.55. The smallest absolute Gasteiger partial charge is 0.150 e. The standard InChI is InChI=1S/C20H25N5O3/c1-3-16-14-10-17(15-11-22-24(2)19(15)13-27-9-7-26)21-12-18(14)25(23-16)20-6-4-5-8-28-20/h3,10-12,20,26H,1,4-9,13H2,2H3. The van der Waals surface area contributed by atoms with E-state index in [1.54, 1.807) is 17.0 Å². The van der Waals surface area contributed by atoms with E-state index in [0.717, 1.165) is 59.4 Å². The molecule has 0 aromatic carbocycles. The lowest BCUT2D eigenvalue weighted by molar-refractivity contribution is -0.0367. The number of fused-ring (bicyclic) bond motifs is 1. The number of hydrogen-bond acceptors (Lipinski definition) is 6. The van der Waals surface area contributed by atoms with Crippen LogP contribution in [0.25, 0.3) is 28.2 Å². The summed E-state index contributed by atoms with van der Waals surface area (Å²) in [6.07, 6.45) is 8.51. The van der Waals surface area contributed by atoms with Crippen molar-refractivity contribution >= 4 is 17.0 Å². The molecule has 4 rings (SSSR count). The van der Waals surface area contributed by atoms with E-state index in [1.165, 1.54) is 0 Å². The lowest BCUT2D eigenvalue weighted by Crippen LogP contribution is -2.19. The Labute approximate surface area is 163 Å². The number of pyridine rings is 1. The molecule has 1 aliphatic rings.